The summed E-state index contributed by atoms with van der Waals surface area (Å²) in [6.07, 6.45) is 9.22. The van der Waals surface area contributed by atoms with Crippen molar-refractivity contribution in [2.75, 3.05) is 0 Å². The van der Waals surface area contributed by atoms with Crippen LogP contribution in [0.1, 0.15) is 5.56 Å². The molecule has 0 nitrogen and oxygen atoms in total. The van der Waals surface area contributed by atoms with Crippen LogP contribution in [0.25, 0.3) is 4.91 Å². The Morgan fingerprint density at radius 1 is 1.06 bits per heavy atom. The van der Waals surface area contributed by atoms with Crippen LogP contribution in [-0.2, 0) is 0 Å². The van der Waals surface area contributed by atoms with Gasteiger partial charge in [-0.15, -0.1) is 25.3 Å². The van der Waals surface area contributed by atoms with Gasteiger partial charge in [-0.3, -0.25) is 0 Å². The first-order chi connectivity index (χ1) is 8.52. The van der Waals surface area contributed by atoms with Crippen molar-refractivity contribution in [1.82, 2.24) is 0 Å². The molecule has 0 aliphatic carbocycles. The zero-order valence-electron chi connectivity index (χ0n) is 9.48. The van der Waals surface area contributed by atoms with Crippen molar-refractivity contribution in [3.8, 4) is 0 Å². The maximum absolute atomic E-state index is 4.47. The second kappa shape index (κ2) is 8.10. The number of hydrogen-bond donors (Lipinski definition) is 2. The fraction of sp³-hybridized carbons (Fsp3) is 0. The molecular formula is C14H12Br2S2. The number of hydrogen-bond acceptors (Lipinski definition) is 2. The minimum Gasteiger partial charge on any atom is -0.143 e. The number of rotatable bonds is 4. The minimum atomic E-state index is 0.845. The number of benzene rings is 1. The van der Waals surface area contributed by atoms with Gasteiger partial charge >= 0.3 is 0 Å². The lowest BCUT2D eigenvalue weighted by Crippen LogP contribution is -1.78. The molecule has 0 atom stereocenters. The van der Waals surface area contributed by atoms with Gasteiger partial charge < -0.3 is 0 Å². The van der Waals surface area contributed by atoms with Crippen molar-refractivity contribution in [1.29, 1.82) is 0 Å². The topological polar surface area (TPSA) is 0 Å². The molecule has 0 saturated carbocycles. The molecule has 4 heteroatoms. The molecule has 1 aromatic carbocycles. The monoisotopic (exact) mass is 402 g/mol. The zero-order chi connectivity index (χ0) is 13.5. The van der Waals surface area contributed by atoms with Gasteiger partial charge in [0.2, 0.25) is 0 Å². The van der Waals surface area contributed by atoms with Gasteiger partial charge in [-0.1, -0.05) is 50.6 Å². The van der Waals surface area contributed by atoms with Crippen molar-refractivity contribution in [3.63, 3.8) is 0 Å². The molecular weight excluding hydrogens is 392 g/mol. The molecule has 1 aromatic rings. The highest BCUT2D eigenvalue weighted by atomic mass is 79.9. The van der Waals surface area contributed by atoms with Crippen LogP contribution in [0.15, 0.2) is 69.0 Å². The van der Waals surface area contributed by atoms with E-state index in [0.717, 1.165) is 24.3 Å². The highest BCUT2D eigenvalue weighted by molar-refractivity contribution is 9.11. The second-order valence-electron chi connectivity index (χ2n) is 3.40. The van der Waals surface area contributed by atoms with Gasteiger partial charge in [-0.05, 0) is 42.0 Å². The van der Waals surface area contributed by atoms with E-state index in [9.17, 15) is 0 Å². The van der Waals surface area contributed by atoms with Crippen molar-refractivity contribution >= 4 is 62.0 Å². The second-order valence-corrected chi connectivity index (χ2v) is 6.23. The number of halogens is 2. The third-order valence-corrected chi connectivity index (χ3v) is 3.59. The van der Waals surface area contributed by atoms with E-state index in [1.165, 1.54) is 0 Å². The minimum absolute atomic E-state index is 0.845. The molecule has 0 aromatic heterocycles. The van der Waals surface area contributed by atoms with Crippen molar-refractivity contribution in [2.45, 2.75) is 0 Å². The summed E-state index contributed by atoms with van der Waals surface area (Å²) >= 11 is 15.6. The first-order valence-corrected chi connectivity index (χ1v) is 7.56. The van der Waals surface area contributed by atoms with Gasteiger partial charge in [0.15, 0.2) is 0 Å². The number of allylic oxidation sites excluding steroid dienone is 5. The van der Waals surface area contributed by atoms with Crippen molar-refractivity contribution < 1.29 is 0 Å². The fourth-order valence-electron chi connectivity index (χ4n) is 1.21. The first kappa shape index (κ1) is 15.9. The lowest BCUT2D eigenvalue weighted by atomic mass is 10.2. The number of thiol groups is 2. The lowest BCUT2D eigenvalue weighted by Gasteiger charge is -2.02. The van der Waals surface area contributed by atoms with Crippen LogP contribution in [0.5, 0.6) is 0 Å². The van der Waals surface area contributed by atoms with Crippen LogP contribution in [0.3, 0.4) is 0 Å². The largest absolute Gasteiger partial charge is 0.143 e. The van der Waals surface area contributed by atoms with Crippen LogP contribution in [0, 0.1) is 0 Å². The Bertz CT molecular complexity index is 508. The predicted molar refractivity (Wildman–Crippen MR) is 95.2 cm³/mol. The van der Waals surface area contributed by atoms with Crippen molar-refractivity contribution in [2.24, 2.45) is 0 Å². The Hall–Kier alpha value is -0.160. The van der Waals surface area contributed by atoms with E-state index in [0.29, 0.717) is 0 Å². The third-order valence-electron chi connectivity index (χ3n) is 1.97. The Labute approximate surface area is 136 Å². The summed E-state index contributed by atoms with van der Waals surface area (Å²) in [5.74, 6) is 0. The molecule has 0 aliphatic heterocycles. The zero-order valence-corrected chi connectivity index (χ0v) is 14.4. The third kappa shape index (κ3) is 5.65. The van der Waals surface area contributed by atoms with Crippen LogP contribution >= 0.6 is 57.1 Å². The molecule has 0 saturated heterocycles. The summed E-state index contributed by atoms with van der Waals surface area (Å²) in [5, 5.41) is 0. The molecule has 0 amide bonds. The average molecular weight is 404 g/mol. The lowest BCUT2D eigenvalue weighted by molar-refractivity contribution is 1.56. The summed E-state index contributed by atoms with van der Waals surface area (Å²) in [6, 6.07) is 6.01. The summed E-state index contributed by atoms with van der Waals surface area (Å²) in [5.41, 5.74) is 1.04. The molecule has 94 valence electrons. The van der Waals surface area contributed by atoms with Crippen LogP contribution in [0.2, 0.25) is 0 Å². The predicted octanol–water partition coefficient (Wildman–Crippen LogP) is 6.04. The summed E-state index contributed by atoms with van der Waals surface area (Å²) in [7, 11) is 0. The van der Waals surface area contributed by atoms with E-state index in [-0.39, 0.29) is 0 Å². The highest BCUT2D eigenvalue weighted by Gasteiger charge is 1.99. The van der Waals surface area contributed by atoms with Gasteiger partial charge in [0.25, 0.3) is 0 Å². The van der Waals surface area contributed by atoms with E-state index in [1.807, 2.05) is 42.5 Å². The van der Waals surface area contributed by atoms with E-state index in [4.69, 9.17) is 0 Å². The average Bonchev–Trinajstić information content (AvgIpc) is 2.27. The van der Waals surface area contributed by atoms with E-state index >= 15 is 0 Å². The van der Waals surface area contributed by atoms with Gasteiger partial charge in [0.05, 0.1) is 0 Å². The summed E-state index contributed by atoms with van der Waals surface area (Å²) in [6.45, 7) is 3.61. The van der Waals surface area contributed by atoms with Crippen LogP contribution in [-0.4, -0.2) is 0 Å². The normalized spacial score (nSPS) is 13.1. The first-order valence-electron chi connectivity index (χ1n) is 5.08. The Morgan fingerprint density at radius 3 is 2.22 bits per heavy atom. The van der Waals surface area contributed by atoms with E-state index in [2.05, 4.69) is 63.7 Å². The summed E-state index contributed by atoms with van der Waals surface area (Å²) in [4.78, 5) is 1.73. The molecule has 0 aliphatic rings. The molecule has 0 fully saturated rings. The quantitative estimate of drug-likeness (QED) is 0.444. The standard InChI is InChI=1S/C14H12Br2S2/c1-2-4-13(17)5-3-6-14(18)10-7-11(15)9-12(16)8-10/h2-9,17-18H,1H2/b5-3+,13-4-,14-6-. The molecule has 0 bridgehead atoms. The van der Waals surface area contributed by atoms with Gasteiger partial charge in [0, 0.05) is 18.8 Å². The molecule has 0 N–H and O–H groups in total. The van der Waals surface area contributed by atoms with Gasteiger partial charge in [-0.25, -0.2) is 0 Å². The maximum atomic E-state index is 4.47. The van der Waals surface area contributed by atoms with Gasteiger partial charge in [0.1, 0.15) is 0 Å². The van der Waals surface area contributed by atoms with Crippen LogP contribution in [0.4, 0.5) is 0 Å². The molecule has 18 heavy (non-hydrogen) atoms. The van der Waals surface area contributed by atoms with Gasteiger partial charge in [-0.2, -0.15) is 0 Å². The SMILES string of the molecule is C=C/C=C(S)/C=C/C=C(\S)c1cc(Br)cc(Br)c1. The molecule has 1 rings (SSSR count). The molecule has 0 unspecified atom stereocenters. The Kier molecular flexibility index (Phi) is 7.15. The maximum Gasteiger partial charge on any atom is 0.0192 e. The molecule has 0 spiro atoms. The highest BCUT2D eigenvalue weighted by Crippen LogP contribution is 2.26. The summed E-state index contributed by atoms with van der Waals surface area (Å²) < 4.78 is 2.02. The van der Waals surface area contributed by atoms with E-state index < -0.39 is 0 Å². The van der Waals surface area contributed by atoms with Crippen molar-refractivity contribution in [3.05, 3.63) is 74.6 Å². The smallest absolute Gasteiger partial charge is 0.0192 e. The van der Waals surface area contributed by atoms with Crippen LogP contribution < -0.4 is 0 Å². The van der Waals surface area contributed by atoms with E-state index in [1.54, 1.807) is 6.08 Å². The Balaban J connectivity index is 2.89. The Morgan fingerprint density at radius 2 is 1.67 bits per heavy atom. The molecule has 0 radical (unpaired) electrons. The molecule has 0 heterocycles. The fourth-order valence-corrected chi connectivity index (χ4v) is 2.91.